The van der Waals surface area contributed by atoms with Crippen LogP contribution in [0.3, 0.4) is 0 Å². The summed E-state index contributed by atoms with van der Waals surface area (Å²) in [6.45, 7) is 0.207. The fraction of sp³-hybridized carbons (Fsp3) is 0.167. The molecular formula is C12H11BrClN3O2S. The van der Waals surface area contributed by atoms with Crippen molar-refractivity contribution in [2.24, 2.45) is 0 Å². The van der Waals surface area contributed by atoms with E-state index in [1.807, 2.05) is 0 Å². The van der Waals surface area contributed by atoms with Crippen molar-refractivity contribution in [3.05, 3.63) is 52.0 Å². The molecule has 0 fully saturated rings. The molecule has 20 heavy (non-hydrogen) atoms. The molecule has 106 valence electrons. The highest BCUT2D eigenvalue weighted by molar-refractivity contribution is 9.10. The minimum atomic E-state index is -3.71. The molecule has 0 saturated carbocycles. The first-order chi connectivity index (χ1) is 9.41. The molecule has 0 unspecified atom stereocenters. The molecule has 2 aromatic rings. The quantitative estimate of drug-likeness (QED) is 0.770. The molecule has 2 aromatic heterocycles. The second kappa shape index (κ2) is 6.17. The van der Waals surface area contributed by atoms with E-state index >= 15 is 0 Å². The molecule has 0 amide bonds. The maximum Gasteiger partial charge on any atom is 0.246 e. The molecule has 0 aliphatic heterocycles. The minimum absolute atomic E-state index is 0.0278. The Kier molecular flexibility index (Phi) is 4.74. The fourth-order valence-corrected chi connectivity index (χ4v) is 3.66. The van der Waals surface area contributed by atoms with E-state index in [4.69, 9.17) is 11.6 Å². The second-order valence-corrected chi connectivity index (χ2v) is 7.35. The lowest BCUT2D eigenvalue weighted by molar-refractivity contribution is 0.466. The van der Waals surface area contributed by atoms with E-state index in [2.05, 4.69) is 25.9 Å². The summed E-state index contributed by atoms with van der Waals surface area (Å²) in [5.74, 6) is 0. The Bertz CT molecular complexity index is 710. The van der Waals surface area contributed by atoms with Crippen LogP contribution in [0.25, 0.3) is 0 Å². The number of halogens is 2. The van der Waals surface area contributed by atoms with Crippen LogP contribution < -0.4 is 0 Å². The monoisotopic (exact) mass is 375 g/mol. The van der Waals surface area contributed by atoms with Gasteiger partial charge in [0.1, 0.15) is 10.0 Å². The number of nitrogens with zero attached hydrogens (tertiary/aromatic N) is 3. The number of sulfonamides is 1. The highest BCUT2D eigenvalue weighted by atomic mass is 79.9. The molecule has 2 heterocycles. The van der Waals surface area contributed by atoms with Crippen LogP contribution in [0.15, 0.2) is 46.2 Å². The molecular weight excluding hydrogens is 366 g/mol. The van der Waals surface area contributed by atoms with Gasteiger partial charge >= 0.3 is 0 Å². The lowest BCUT2D eigenvalue weighted by Gasteiger charge is -2.17. The Morgan fingerprint density at radius 3 is 2.80 bits per heavy atom. The third-order valence-corrected chi connectivity index (χ3v) is 5.25. The van der Waals surface area contributed by atoms with Crippen LogP contribution in [0.2, 0.25) is 5.15 Å². The van der Waals surface area contributed by atoms with Gasteiger partial charge in [-0.2, -0.15) is 4.31 Å². The third-order valence-electron chi connectivity index (χ3n) is 2.59. The van der Waals surface area contributed by atoms with Gasteiger partial charge in [-0.3, -0.25) is 4.98 Å². The molecule has 5 nitrogen and oxygen atoms in total. The fourth-order valence-electron chi connectivity index (χ4n) is 1.59. The zero-order valence-electron chi connectivity index (χ0n) is 10.5. The van der Waals surface area contributed by atoms with Crippen molar-refractivity contribution in [1.29, 1.82) is 0 Å². The minimum Gasteiger partial charge on any atom is -0.264 e. The van der Waals surface area contributed by atoms with Gasteiger partial charge in [0.05, 0.1) is 0 Å². The topological polar surface area (TPSA) is 63.2 Å². The van der Waals surface area contributed by atoms with E-state index in [9.17, 15) is 8.42 Å². The normalized spacial score (nSPS) is 11.8. The van der Waals surface area contributed by atoms with Crippen LogP contribution in [-0.2, 0) is 16.6 Å². The Morgan fingerprint density at radius 2 is 2.15 bits per heavy atom. The van der Waals surface area contributed by atoms with Crippen molar-refractivity contribution >= 4 is 37.6 Å². The molecule has 2 rings (SSSR count). The van der Waals surface area contributed by atoms with Gasteiger partial charge in [-0.1, -0.05) is 17.7 Å². The lowest BCUT2D eigenvalue weighted by Crippen LogP contribution is -2.27. The van der Waals surface area contributed by atoms with Gasteiger partial charge in [0.15, 0.2) is 0 Å². The van der Waals surface area contributed by atoms with E-state index in [1.165, 1.54) is 23.6 Å². The van der Waals surface area contributed by atoms with Crippen molar-refractivity contribution in [2.45, 2.75) is 11.4 Å². The number of hydrogen-bond acceptors (Lipinski definition) is 4. The van der Waals surface area contributed by atoms with Crippen LogP contribution in [0, 0.1) is 0 Å². The highest BCUT2D eigenvalue weighted by Crippen LogP contribution is 2.25. The zero-order valence-corrected chi connectivity index (χ0v) is 13.7. The summed E-state index contributed by atoms with van der Waals surface area (Å²) in [6, 6.07) is 4.99. The van der Waals surface area contributed by atoms with Crippen molar-refractivity contribution in [3.63, 3.8) is 0 Å². The summed E-state index contributed by atoms with van der Waals surface area (Å²) in [5, 5.41) is -0.0498. The number of pyridine rings is 2. The van der Waals surface area contributed by atoms with Crippen LogP contribution >= 0.6 is 27.5 Å². The summed E-state index contributed by atoms with van der Waals surface area (Å²) in [4.78, 5) is 7.76. The van der Waals surface area contributed by atoms with Crippen molar-refractivity contribution in [1.82, 2.24) is 14.3 Å². The molecule has 0 atom stereocenters. The SMILES string of the molecule is CN(Cc1cccnc1)S(=O)(=O)c1cc(Br)cnc1Cl. The second-order valence-electron chi connectivity index (χ2n) is 4.06. The molecule has 0 aliphatic rings. The van der Waals surface area contributed by atoms with Crippen LogP contribution in [0.4, 0.5) is 0 Å². The van der Waals surface area contributed by atoms with Gasteiger partial charge in [0.25, 0.3) is 0 Å². The summed E-state index contributed by atoms with van der Waals surface area (Å²) >= 11 is 9.07. The third kappa shape index (κ3) is 3.35. The Morgan fingerprint density at radius 1 is 1.40 bits per heavy atom. The highest BCUT2D eigenvalue weighted by Gasteiger charge is 2.24. The van der Waals surface area contributed by atoms with E-state index in [-0.39, 0.29) is 16.6 Å². The first-order valence-electron chi connectivity index (χ1n) is 5.57. The van der Waals surface area contributed by atoms with Gasteiger partial charge in [-0.15, -0.1) is 0 Å². The Balaban J connectivity index is 2.32. The van der Waals surface area contributed by atoms with Gasteiger partial charge in [0.2, 0.25) is 10.0 Å². The Labute approximate surface area is 130 Å². The Hall–Kier alpha value is -1.02. The molecule has 0 saturated heterocycles. The van der Waals surface area contributed by atoms with Crippen LogP contribution in [0.1, 0.15) is 5.56 Å². The summed E-state index contributed by atoms with van der Waals surface area (Å²) in [7, 11) is -2.22. The van der Waals surface area contributed by atoms with Crippen molar-refractivity contribution < 1.29 is 8.42 Å². The molecule has 8 heteroatoms. The number of aromatic nitrogens is 2. The standard InChI is InChI=1S/C12H11BrClN3O2S/c1-17(8-9-3-2-4-15-6-9)20(18,19)11-5-10(13)7-16-12(11)14/h2-7H,8H2,1H3. The maximum absolute atomic E-state index is 12.5. The summed E-state index contributed by atoms with van der Waals surface area (Å²) < 4.78 is 26.7. The van der Waals surface area contributed by atoms with E-state index in [1.54, 1.807) is 24.5 Å². The number of rotatable bonds is 4. The van der Waals surface area contributed by atoms with Crippen LogP contribution in [-0.4, -0.2) is 29.7 Å². The summed E-state index contributed by atoms with van der Waals surface area (Å²) in [6.07, 6.45) is 4.70. The molecule has 0 radical (unpaired) electrons. The number of hydrogen-bond donors (Lipinski definition) is 0. The maximum atomic E-state index is 12.5. The zero-order chi connectivity index (χ0) is 14.8. The first-order valence-corrected chi connectivity index (χ1v) is 8.18. The lowest BCUT2D eigenvalue weighted by atomic mass is 10.3. The van der Waals surface area contributed by atoms with E-state index in [0.29, 0.717) is 4.47 Å². The van der Waals surface area contributed by atoms with Gasteiger partial charge in [-0.25, -0.2) is 13.4 Å². The molecule has 0 bridgehead atoms. The summed E-state index contributed by atoms with van der Waals surface area (Å²) in [5.41, 5.74) is 0.789. The van der Waals surface area contributed by atoms with Crippen LogP contribution in [0.5, 0.6) is 0 Å². The molecule has 0 aliphatic carbocycles. The van der Waals surface area contributed by atoms with Crippen molar-refractivity contribution in [3.8, 4) is 0 Å². The van der Waals surface area contributed by atoms with E-state index < -0.39 is 10.0 Å². The average Bonchev–Trinajstić information content (AvgIpc) is 2.42. The van der Waals surface area contributed by atoms with Gasteiger partial charge in [-0.05, 0) is 33.6 Å². The average molecular weight is 377 g/mol. The molecule has 0 spiro atoms. The van der Waals surface area contributed by atoms with Gasteiger partial charge < -0.3 is 0 Å². The van der Waals surface area contributed by atoms with Crippen molar-refractivity contribution in [2.75, 3.05) is 7.05 Å². The first kappa shape index (κ1) is 15.4. The largest absolute Gasteiger partial charge is 0.264 e. The predicted octanol–water partition coefficient (Wildman–Crippen LogP) is 2.71. The molecule has 0 N–H and O–H groups in total. The van der Waals surface area contributed by atoms with E-state index in [0.717, 1.165) is 5.56 Å². The molecule has 0 aromatic carbocycles. The predicted molar refractivity (Wildman–Crippen MR) is 79.8 cm³/mol. The smallest absolute Gasteiger partial charge is 0.246 e. The van der Waals surface area contributed by atoms with Gasteiger partial charge in [0, 0.05) is 36.7 Å².